The minimum atomic E-state index is 0.128. The zero-order valence-electron chi connectivity index (χ0n) is 15.5. The Labute approximate surface area is 175 Å². The van der Waals surface area contributed by atoms with Crippen LogP contribution < -0.4 is 9.47 Å². The quantitative estimate of drug-likeness (QED) is 0.243. The smallest absolute Gasteiger partial charge is 0.276 e. The fourth-order valence-electron chi connectivity index (χ4n) is 2.49. The molecule has 6 nitrogen and oxygen atoms in total. The molecule has 0 atom stereocenters. The summed E-state index contributed by atoms with van der Waals surface area (Å²) in [6.45, 7) is 0. The van der Waals surface area contributed by atoms with Crippen molar-refractivity contribution >= 4 is 33.5 Å². The first-order valence-electron chi connectivity index (χ1n) is 8.57. The molecular weight excluding hydrogens is 444 g/mol. The molecule has 146 valence electrons. The molecular formula is C20H19BrN2O4S. The predicted octanol–water partition coefficient (Wildman–Crippen LogP) is 5.27. The van der Waals surface area contributed by atoms with Gasteiger partial charge in [-0.05, 0) is 30.7 Å². The van der Waals surface area contributed by atoms with Crippen molar-refractivity contribution in [2.24, 2.45) is 0 Å². The lowest BCUT2D eigenvalue weighted by atomic mass is 10.1. The topological polar surface area (TPSA) is 74.5 Å². The molecule has 0 saturated carbocycles. The van der Waals surface area contributed by atoms with E-state index in [0.717, 1.165) is 22.0 Å². The lowest BCUT2D eigenvalue weighted by molar-refractivity contribution is 0.0982. The zero-order chi connectivity index (χ0) is 19.9. The van der Waals surface area contributed by atoms with Gasteiger partial charge in [0.1, 0.15) is 11.5 Å². The Morgan fingerprint density at radius 2 is 1.75 bits per heavy atom. The number of aromatic nitrogens is 2. The number of hydrogen-bond acceptors (Lipinski definition) is 7. The Bertz CT molecular complexity index is 921. The van der Waals surface area contributed by atoms with E-state index in [-0.39, 0.29) is 5.78 Å². The number of methoxy groups -OCH3 is 2. The monoisotopic (exact) mass is 462 g/mol. The Kier molecular flexibility index (Phi) is 7.11. The molecule has 0 aliphatic carbocycles. The Balaban J connectivity index is 1.54. The average molecular weight is 463 g/mol. The fraction of sp³-hybridized carbons (Fsp3) is 0.250. The van der Waals surface area contributed by atoms with Crippen molar-refractivity contribution in [3.63, 3.8) is 0 Å². The van der Waals surface area contributed by atoms with Gasteiger partial charge in [0.2, 0.25) is 5.89 Å². The van der Waals surface area contributed by atoms with E-state index in [2.05, 4.69) is 26.1 Å². The van der Waals surface area contributed by atoms with Crippen LogP contribution in [0.3, 0.4) is 0 Å². The van der Waals surface area contributed by atoms with Gasteiger partial charge in [-0.1, -0.05) is 39.8 Å². The number of hydrogen-bond donors (Lipinski definition) is 0. The fourth-order valence-corrected chi connectivity index (χ4v) is 3.45. The molecule has 0 aliphatic rings. The molecule has 3 rings (SSSR count). The molecule has 0 amide bonds. The second-order valence-corrected chi connectivity index (χ2v) is 7.82. The number of Topliss-reactive ketones (excluding diaryl/α,β-unsaturated/α-hetero) is 1. The molecule has 0 N–H and O–H groups in total. The summed E-state index contributed by atoms with van der Waals surface area (Å²) >= 11 is 4.80. The maximum Gasteiger partial charge on any atom is 0.276 e. The van der Waals surface area contributed by atoms with Crippen LogP contribution >= 0.6 is 27.7 Å². The van der Waals surface area contributed by atoms with Crippen LogP contribution in [0.1, 0.15) is 23.2 Å². The first-order valence-corrected chi connectivity index (χ1v) is 10.4. The van der Waals surface area contributed by atoms with Gasteiger partial charge in [-0.15, -0.1) is 10.2 Å². The molecule has 3 aromatic rings. The highest BCUT2D eigenvalue weighted by Crippen LogP contribution is 2.30. The highest BCUT2D eigenvalue weighted by atomic mass is 79.9. The van der Waals surface area contributed by atoms with Gasteiger partial charge in [-0.2, -0.15) is 0 Å². The summed E-state index contributed by atoms with van der Waals surface area (Å²) in [5.41, 5.74) is 1.45. The van der Waals surface area contributed by atoms with Crippen molar-refractivity contribution in [3.8, 4) is 23.0 Å². The van der Waals surface area contributed by atoms with E-state index in [4.69, 9.17) is 13.9 Å². The van der Waals surface area contributed by atoms with Crippen molar-refractivity contribution in [2.45, 2.75) is 18.1 Å². The summed E-state index contributed by atoms with van der Waals surface area (Å²) in [5, 5.41) is 8.62. The van der Waals surface area contributed by atoms with E-state index in [1.807, 2.05) is 24.3 Å². The van der Waals surface area contributed by atoms with Gasteiger partial charge in [0, 0.05) is 33.8 Å². The summed E-state index contributed by atoms with van der Waals surface area (Å²) in [5.74, 6) is 2.53. The van der Waals surface area contributed by atoms with Crippen LogP contribution in [-0.2, 0) is 0 Å². The molecule has 1 heterocycles. The maximum atomic E-state index is 12.2. The third-order valence-electron chi connectivity index (χ3n) is 3.94. The minimum Gasteiger partial charge on any atom is -0.497 e. The lowest BCUT2D eigenvalue weighted by Crippen LogP contribution is -1.99. The van der Waals surface area contributed by atoms with Gasteiger partial charge in [0.05, 0.1) is 14.2 Å². The first kappa shape index (κ1) is 20.4. The summed E-state index contributed by atoms with van der Waals surface area (Å²) in [7, 11) is 3.17. The number of carbonyl (C=O) groups is 1. The molecule has 1 aromatic heterocycles. The standard InChI is InChI=1S/C20H19BrN2O4S/c1-25-16-10-14(11-17(12-16)26-2)19-22-23-20(27-19)28-9-3-4-18(24)13-5-7-15(21)8-6-13/h5-8,10-12H,3-4,9H2,1-2H3. The second kappa shape index (κ2) is 9.75. The van der Waals surface area contributed by atoms with Gasteiger partial charge in [-0.25, -0.2) is 0 Å². The number of halogens is 1. The lowest BCUT2D eigenvalue weighted by Gasteiger charge is -2.05. The van der Waals surface area contributed by atoms with Gasteiger partial charge in [-0.3, -0.25) is 4.79 Å². The highest BCUT2D eigenvalue weighted by Gasteiger charge is 2.12. The van der Waals surface area contributed by atoms with Gasteiger partial charge in [0.25, 0.3) is 5.22 Å². The highest BCUT2D eigenvalue weighted by molar-refractivity contribution is 9.10. The molecule has 0 bridgehead atoms. The van der Waals surface area contributed by atoms with Gasteiger partial charge in [0.15, 0.2) is 5.78 Å². The summed E-state index contributed by atoms with van der Waals surface area (Å²) in [6, 6.07) is 12.8. The van der Waals surface area contributed by atoms with Crippen molar-refractivity contribution in [2.75, 3.05) is 20.0 Å². The van der Waals surface area contributed by atoms with Crippen LogP contribution in [0.25, 0.3) is 11.5 Å². The largest absolute Gasteiger partial charge is 0.497 e. The first-order chi connectivity index (χ1) is 13.6. The molecule has 0 spiro atoms. The van der Waals surface area contributed by atoms with Crippen LogP contribution in [0.15, 0.2) is 56.6 Å². The van der Waals surface area contributed by atoms with Crippen molar-refractivity contribution < 1.29 is 18.7 Å². The number of nitrogens with zero attached hydrogens (tertiary/aromatic N) is 2. The SMILES string of the molecule is COc1cc(OC)cc(-c2nnc(SCCCC(=O)c3ccc(Br)cc3)o2)c1. The minimum absolute atomic E-state index is 0.128. The van der Waals surface area contributed by atoms with Crippen LogP contribution in [0, 0.1) is 0 Å². The normalized spacial score (nSPS) is 10.7. The Hall–Kier alpha value is -2.32. The third-order valence-corrected chi connectivity index (χ3v) is 5.38. The van der Waals surface area contributed by atoms with E-state index in [1.165, 1.54) is 11.8 Å². The second-order valence-electron chi connectivity index (χ2n) is 5.86. The average Bonchev–Trinajstić information content (AvgIpc) is 3.20. The van der Waals surface area contributed by atoms with Gasteiger partial charge < -0.3 is 13.9 Å². The van der Waals surface area contributed by atoms with Gasteiger partial charge >= 0.3 is 0 Å². The molecule has 28 heavy (non-hydrogen) atoms. The Morgan fingerprint density at radius 3 is 2.39 bits per heavy atom. The zero-order valence-corrected chi connectivity index (χ0v) is 17.9. The summed E-state index contributed by atoms with van der Waals surface area (Å²) < 4.78 is 17.2. The number of rotatable bonds is 9. The third kappa shape index (κ3) is 5.36. The van der Waals surface area contributed by atoms with E-state index in [9.17, 15) is 4.79 Å². The van der Waals surface area contributed by atoms with Crippen LogP contribution in [-0.4, -0.2) is 36.0 Å². The number of benzene rings is 2. The number of thioether (sulfide) groups is 1. The molecule has 0 saturated heterocycles. The van der Waals surface area contributed by atoms with Crippen molar-refractivity contribution in [1.29, 1.82) is 0 Å². The van der Waals surface area contributed by atoms with Crippen LogP contribution in [0.4, 0.5) is 0 Å². The summed E-state index contributed by atoms with van der Waals surface area (Å²) in [4.78, 5) is 12.2. The molecule has 0 radical (unpaired) electrons. The van der Waals surface area contributed by atoms with Crippen LogP contribution in [0.2, 0.25) is 0 Å². The predicted molar refractivity (Wildman–Crippen MR) is 111 cm³/mol. The van der Waals surface area contributed by atoms with E-state index in [1.54, 1.807) is 32.4 Å². The van der Waals surface area contributed by atoms with Crippen molar-refractivity contribution in [1.82, 2.24) is 10.2 Å². The number of ketones is 1. The Morgan fingerprint density at radius 1 is 1.07 bits per heavy atom. The van der Waals surface area contributed by atoms with Crippen molar-refractivity contribution in [3.05, 3.63) is 52.5 Å². The maximum absolute atomic E-state index is 12.2. The number of ether oxygens (including phenoxy) is 2. The molecule has 2 aromatic carbocycles. The van der Waals surface area contributed by atoms with E-state index < -0.39 is 0 Å². The molecule has 8 heteroatoms. The molecule has 0 unspecified atom stereocenters. The molecule has 0 aliphatic heterocycles. The number of carbonyl (C=O) groups excluding carboxylic acids is 1. The molecule has 0 fully saturated rings. The van der Waals surface area contributed by atoms with Crippen LogP contribution in [0.5, 0.6) is 11.5 Å². The summed E-state index contributed by atoms with van der Waals surface area (Å²) in [6.07, 6.45) is 1.20. The van der Waals surface area contributed by atoms with E-state index in [0.29, 0.717) is 34.8 Å². The van der Waals surface area contributed by atoms with E-state index >= 15 is 0 Å².